The van der Waals surface area contributed by atoms with Gasteiger partial charge in [0.25, 0.3) is 0 Å². The van der Waals surface area contributed by atoms with Gasteiger partial charge in [0, 0.05) is 49.8 Å². The highest BCUT2D eigenvalue weighted by Crippen LogP contribution is 2.48. The van der Waals surface area contributed by atoms with E-state index < -0.39 is 0 Å². The summed E-state index contributed by atoms with van der Waals surface area (Å²) in [6.45, 7) is 0. The first-order valence-electron chi connectivity index (χ1n) is 23.4. The Morgan fingerprint density at radius 2 is 1.01 bits per heavy atom. The summed E-state index contributed by atoms with van der Waals surface area (Å²) in [6, 6.07) is 62.1. The second kappa shape index (κ2) is 14.0. The minimum Gasteiger partial charge on any atom is -0.456 e. The average molecular weight is 857 g/mol. The zero-order chi connectivity index (χ0) is 43.7. The number of hydrogen-bond acceptors (Lipinski definition) is 3. The van der Waals surface area contributed by atoms with Crippen molar-refractivity contribution in [2.24, 2.45) is 9.98 Å². The van der Waals surface area contributed by atoms with E-state index in [9.17, 15) is 0 Å². The standard InChI is InChI=1S/C62H40N4O/c1-3-15-37(16-4-1)39-33-40(38-17-5-2-6-18-38)35-41(34-39)61-62(64-50-25-11-10-24-49(50)63-61)66-52-27-14-23-48-44-20-8-7-19-43(44)47-22-13-26-51-57(47)59-53(31-32-54(66)60(59)58(48)52)65(51)42-29-30-46-45-21-9-12-28-55(45)67-56(46)36-42/h1-8,10-20,22-36,49-50H,9,21H2. The van der Waals surface area contributed by atoms with Crippen molar-refractivity contribution in [3.63, 3.8) is 0 Å². The molecule has 3 aromatic heterocycles. The molecular weight excluding hydrogens is 817 g/mol. The summed E-state index contributed by atoms with van der Waals surface area (Å²) >= 11 is 0. The van der Waals surface area contributed by atoms with E-state index >= 15 is 0 Å². The molecule has 12 aromatic rings. The highest BCUT2D eigenvalue weighted by Gasteiger charge is 2.32. The lowest BCUT2D eigenvalue weighted by atomic mass is 9.93. The smallest absolute Gasteiger partial charge is 0.159 e. The zero-order valence-electron chi connectivity index (χ0n) is 36.4. The summed E-state index contributed by atoms with van der Waals surface area (Å²) in [4.78, 5) is 11.5. The van der Waals surface area contributed by atoms with Crippen molar-refractivity contribution in [1.82, 2.24) is 9.13 Å². The summed E-state index contributed by atoms with van der Waals surface area (Å²) in [7, 11) is 0. The first-order chi connectivity index (χ1) is 33.2. The summed E-state index contributed by atoms with van der Waals surface area (Å²) < 4.78 is 11.5. The molecule has 9 aromatic carbocycles. The van der Waals surface area contributed by atoms with Gasteiger partial charge in [0.2, 0.25) is 0 Å². The molecule has 5 nitrogen and oxygen atoms in total. The number of allylic oxidation sites excluding steroid dienone is 3. The summed E-state index contributed by atoms with van der Waals surface area (Å²) in [5.74, 6) is 1.83. The lowest BCUT2D eigenvalue weighted by Crippen LogP contribution is -2.36. The Labute approximate surface area is 385 Å². The number of aromatic nitrogens is 2. The molecule has 67 heavy (non-hydrogen) atoms. The van der Waals surface area contributed by atoms with E-state index in [1.165, 1.54) is 54.0 Å². The van der Waals surface area contributed by atoms with Crippen LogP contribution in [-0.4, -0.2) is 32.8 Å². The Morgan fingerprint density at radius 3 is 1.69 bits per heavy atom. The van der Waals surface area contributed by atoms with Crippen molar-refractivity contribution in [2.45, 2.75) is 24.9 Å². The Hall–Kier alpha value is -8.54. The van der Waals surface area contributed by atoms with Gasteiger partial charge >= 0.3 is 0 Å². The monoisotopic (exact) mass is 856 g/mol. The van der Waals surface area contributed by atoms with E-state index in [2.05, 4.69) is 215 Å². The third kappa shape index (κ3) is 5.31. The molecule has 0 N–H and O–H groups in total. The molecule has 1 aliphatic heterocycles. The third-order valence-electron chi connectivity index (χ3n) is 14.6. The van der Waals surface area contributed by atoms with Crippen molar-refractivity contribution >= 4 is 93.7 Å². The van der Waals surface area contributed by atoms with Gasteiger partial charge in [-0.05, 0) is 117 Å². The lowest BCUT2D eigenvalue weighted by molar-refractivity contribution is 0.595. The van der Waals surface area contributed by atoms with Gasteiger partial charge < -0.3 is 8.98 Å². The van der Waals surface area contributed by atoms with Crippen LogP contribution in [-0.2, 0) is 6.42 Å². The van der Waals surface area contributed by atoms with Crippen LogP contribution in [0.3, 0.4) is 0 Å². The fourth-order valence-corrected chi connectivity index (χ4v) is 11.7. The highest BCUT2D eigenvalue weighted by atomic mass is 16.3. The number of rotatable bonds is 4. The maximum Gasteiger partial charge on any atom is 0.159 e. The number of nitrogens with zero attached hydrogens (tertiary/aromatic N) is 4. The molecule has 0 amide bonds. The van der Waals surface area contributed by atoms with Crippen LogP contribution < -0.4 is 0 Å². The van der Waals surface area contributed by atoms with E-state index in [-0.39, 0.29) is 12.1 Å². The van der Waals surface area contributed by atoms with Crippen LogP contribution in [0.1, 0.15) is 23.3 Å². The normalized spacial score (nSPS) is 16.8. The Kier molecular flexibility index (Phi) is 7.67. The second-order valence-corrected chi connectivity index (χ2v) is 18.2. The number of aryl methyl sites for hydroxylation is 1. The highest BCUT2D eigenvalue weighted by molar-refractivity contribution is 6.52. The molecule has 2 unspecified atom stereocenters. The molecular formula is C62H40N4O. The molecule has 0 fully saturated rings. The largest absolute Gasteiger partial charge is 0.456 e. The summed E-state index contributed by atoms with van der Waals surface area (Å²) in [5.41, 5.74) is 14.3. The van der Waals surface area contributed by atoms with Gasteiger partial charge in [0.1, 0.15) is 17.1 Å². The molecule has 2 aliphatic carbocycles. The number of aliphatic imine (C=N–C) groups is 2. The van der Waals surface area contributed by atoms with Gasteiger partial charge in [-0.2, -0.15) is 0 Å². The zero-order valence-corrected chi connectivity index (χ0v) is 36.4. The molecule has 0 spiro atoms. The fourth-order valence-electron chi connectivity index (χ4n) is 11.7. The second-order valence-electron chi connectivity index (χ2n) is 18.2. The number of fused-ring (bicyclic) bond motifs is 7. The molecule has 0 saturated carbocycles. The minimum atomic E-state index is -0.142. The average Bonchev–Trinajstić information content (AvgIpc) is 4.05. The van der Waals surface area contributed by atoms with Gasteiger partial charge in [-0.25, -0.2) is 0 Å². The van der Waals surface area contributed by atoms with E-state index in [1.807, 2.05) is 0 Å². The molecule has 0 bridgehead atoms. The molecule has 2 atom stereocenters. The summed E-state index contributed by atoms with van der Waals surface area (Å²) in [5, 5.41) is 11.0. The van der Waals surface area contributed by atoms with Crippen LogP contribution in [0.2, 0.25) is 0 Å². The molecule has 0 radical (unpaired) electrons. The van der Waals surface area contributed by atoms with E-state index in [1.54, 1.807) is 0 Å². The van der Waals surface area contributed by atoms with Crippen molar-refractivity contribution in [1.29, 1.82) is 0 Å². The predicted molar refractivity (Wildman–Crippen MR) is 280 cm³/mol. The first kappa shape index (κ1) is 36.8. The van der Waals surface area contributed by atoms with Crippen LogP contribution in [0.25, 0.3) is 110 Å². The fraction of sp³-hybridized carbons (Fsp3) is 0.0645. The molecule has 4 heterocycles. The van der Waals surface area contributed by atoms with Crippen molar-refractivity contribution in [3.8, 4) is 27.9 Å². The first-order valence-corrected chi connectivity index (χ1v) is 23.4. The number of hydrogen-bond donors (Lipinski definition) is 0. The Balaban J connectivity index is 1.06. The lowest BCUT2D eigenvalue weighted by Gasteiger charge is -2.27. The molecule has 314 valence electrons. The maximum atomic E-state index is 6.56. The van der Waals surface area contributed by atoms with Crippen molar-refractivity contribution in [2.75, 3.05) is 0 Å². The van der Waals surface area contributed by atoms with Crippen LogP contribution in [0.4, 0.5) is 0 Å². The molecule has 0 saturated heterocycles. The Bertz CT molecular complexity index is 4150. The van der Waals surface area contributed by atoms with E-state index in [4.69, 9.17) is 14.4 Å². The van der Waals surface area contributed by atoms with E-state index in [0.29, 0.717) is 0 Å². The maximum absolute atomic E-state index is 6.56. The van der Waals surface area contributed by atoms with Gasteiger partial charge in [-0.15, -0.1) is 0 Å². The predicted octanol–water partition coefficient (Wildman–Crippen LogP) is 15.3. The SMILES string of the molecule is C1=CC2N=C(c3cc(-c4ccccc4)cc(-c4ccccc4)c3)C(n3c4cccc5c6ccccc6c6cccc7c6c6c(c54)c3ccc6n7-c3ccc4c5c(oc4c3)C=CCC5)=NC2C=C1. The third-order valence-corrected chi connectivity index (χ3v) is 14.6. The topological polar surface area (TPSA) is 47.7 Å². The Morgan fingerprint density at radius 1 is 0.448 bits per heavy atom. The van der Waals surface area contributed by atoms with E-state index in [0.717, 1.165) is 91.3 Å². The molecule has 3 aliphatic rings. The number of benzene rings is 8. The van der Waals surface area contributed by atoms with Crippen LogP contribution >= 0.6 is 0 Å². The van der Waals surface area contributed by atoms with Crippen LogP contribution in [0.15, 0.2) is 215 Å². The quantitative estimate of drug-likeness (QED) is 0.174. The summed E-state index contributed by atoms with van der Waals surface area (Å²) in [6.07, 6.45) is 15.0. The molecule has 5 heteroatoms. The minimum absolute atomic E-state index is 0.123. The van der Waals surface area contributed by atoms with Gasteiger partial charge in [-0.3, -0.25) is 14.6 Å². The molecule has 15 rings (SSSR count). The van der Waals surface area contributed by atoms with Gasteiger partial charge in [-0.1, -0.05) is 140 Å². The van der Waals surface area contributed by atoms with Gasteiger partial charge in [0.15, 0.2) is 5.84 Å². The van der Waals surface area contributed by atoms with Crippen molar-refractivity contribution in [3.05, 3.63) is 217 Å². The van der Waals surface area contributed by atoms with Gasteiger partial charge in [0.05, 0.1) is 34.2 Å². The number of furan rings is 1. The van der Waals surface area contributed by atoms with Crippen LogP contribution in [0.5, 0.6) is 0 Å². The van der Waals surface area contributed by atoms with Crippen molar-refractivity contribution < 1.29 is 4.42 Å². The van der Waals surface area contributed by atoms with Crippen LogP contribution in [0, 0.1) is 0 Å².